The van der Waals surface area contributed by atoms with Gasteiger partial charge in [-0.15, -0.1) is 0 Å². The van der Waals surface area contributed by atoms with Gasteiger partial charge in [0.05, 0.1) is 0 Å². The minimum absolute atomic E-state index is 0.399. The Balaban J connectivity index is 1.65. The fourth-order valence-electron chi connectivity index (χ4n) is 3.18. The molecule has 1 aromatic heterocycles. The van der Waals surface area contributed by atoms with Crippen LogP contribution in [0.3, 0.4) is 0 Å². The first kappa shape index (κ1) is 13.1. The van der Waals surface area contributed by atoms with Gasteiger partial charge in [0.15, 0.2) is 5.82 Å². The van der Waals surface area contributed by atoms with Crippen LogP contribution in [0.1, 0.15) is 75.4 Å². The molecule has 1 aromatic rings. The minimum atomic E-state index is 0.399. The molecule has 19 heavy (non-hydrogen) atoms. The Bertz CT molecular complexity index is 392. The van der Waals surface area contributed by atoms with Crippen molar-refractivity contribution in [2.45, 2.75) is 63.7 Å². The first-order valence-corrected chi connectivity index (χ1v) is 7.89. The smallest absolute Gasteiger partial charge is 0.229 e. The molecule has 1 unspecified atom stereocenters. The number of rotatable bonds is 3. The Morgan fingerprint density at radius 2 is 1.79 bits per heavy atom. The molecule has 4 heteroatoms. The maximum atomic E-state index is 5.52. The summed E-state index contributed by atoms with van der Waals surface area (Å²) >= 11 is 0. The van der Waals surface area contributed by atoms with Crippen molar-refractivity contribution < 1.29 is 4.52 Å². The van der Waals surface area contributed by atoms with Crippen LogP contribution >= 0.6 is 0 Å². The van der Waals surface area contributed by atoms with Crippen LogP contribution in [0.2, 0.25) is 0 Å². The average Bonchev–Trinajstić information content (AvgIpc) is 2.75. The maximum Gasteiger partial charge on any atom is 0.229 e. The summed E-state index contributed by atoms with van der Waals surface area (Å²) in [5.41, 5.74) is 0. The van der Waals surface area contributed by atoms with E-state index in [2.05, 4.69) is 17.4 Å². The third-order valence-corrected chi connectivity index (χ3v) is 4.84. The van der Waals surface area contributed by atoms with Gasteiger partial charge in [-0.2, -0.15) is 4.98 Å². The molecule has 0 aromatic carbocycles. The fraction of sp³-hybridized carbons (Fsp3) is 0.867. The highest BCUT2D eigenvalue weighted by Gasteiger charge is 2.29. The summed E-state index contributed by atoms with van der Waals surface area (Å²) < 4.78 is 5.52. The zero-order valence-electron chi connectivity index (χ0n) is 11.9. The predicted octanol–water partition coefficient (Wildman–Crippen LogP) is 3.22. The quantitative estimate of drug-likeness (QED) is 0.909. The van der Waals surface area contributed by atoms with E-state index in [4.69, 9.17) is 9.51 Å². The van der Waals surface area contributed by atoms with E-state index in [9.17, 15) is 0 Å². The van der Waals surface area contributed by atoms with Crippen LogP contribution < -0.4 is 5.32 Å². The van der Waals surface area contributed by atoms with E-state index in [0.717, 1.165) is 24.8 Å². The minimum Gasteiger partial charge on any atom is -0.339 e. The van der Waals surface area contributed by atoms with Gasteiger partial charge in [0.1, 0.15) is 0 Å². The molecule has 1 aliphatic heterocycles. The standard InChI is InChI=1S/C15H25N3O/c1-11(13-9-16-10-13)15-17-14(18-19-15)12-7-5-3-2-4-6-8-12/h11-13,16H,2-10H2,1H3. The van der Waals surface area contributed by atoms with Crippen LogP contribution in [0.5, 0.6) is 0 Å². The van der Waals surface area contributed by atoms with Crippen LogP contribution in [0.15, 0.2) is 4.52 Å². The van der Waals surface area contributed by atoms with Crippen molar-refractivity contribution >= 4 is 0 Å². The number of hydrogen-bond acceptors (Lipinski definition) is 4. The molecule has 0 amide bonds. The van der Waals surface area contributed by atoms with E-state index >= 15 is 0 Å². The highest BCUT2D eigenvalue weighted by Crippen LogP contribution is 2.31. The molecule has 1 N–H and O–H groups in total. The summed E-state index contributed by atoms with van der Waals surface area (Å²) in [6, 6.07) is 0. The normalized spacial score (nSPS) is 24.5. The Kier molecular flexibility index (Phi) is 4.16. The summed E-state index contributed by atoms with van der Waals surface area (Å²) in [7, 11) is 0. The van der Waals surface area contributed by atoms with Gasteiger partial charge in [-0.1, -0.05) is 44.2 Å². The molecule has 0 radical (unpaired) electrons. The van der Waals surface area contributed by atoms with Crippen molar-refractivity contribution in [1.82, 2.24) is 15.5 Å². The Hall–Kier alpha value is -0.900. The molecule has 0 spiro atoms. The first-order chi connectivity index (χ1) is 9.34. The van der Waals surface area contributed by atoms with Crippen molar-refractivity contribution in [1.29, 1.82) is 0 Å². The van der Waals surface area contributed by atoms with Crippen molar-refractivity contribution in [2.24, 2.45) is 5.92 Å². The molecule has 2 aliphatic rings. The number of nitrogens with one attached hydrogen (secondary N) is 1. The van der Waals surface area contributed by atoms with Crippen molar-refractivity contribution in [2.75, 3.05) is 13.1 Å². The molecule has 2 heterocycles. The second-order valence-electron chi connectivity index (χ2n) is 6.24. The third kappa shape index (κ3) is 2.99. The van der Waals surface area contributed by atoms with E-state index in [1.807, 2.05) is 0 Å². The lowest BCUT2D eigenvalue weighted by molar-refractivity contribution is 0.252. The summed E-state index contributed by atoms with van der Waals surface area (Å²) in [5, 5.41) is 7.57. The zero-order valence-corrected chi connectivity index (χ0v) is 11.9. The van der Waals surface area contributed by atoms with E-state index < -0.39 is 0 Å². The van der Waals surface area contributed by atoms with Crippen LogP contribution in [-0.2, 0) is 0 Å². The highest BCUT2D eigenvalue weighted by atomic mass is 16.5. The summed E-state index contributed by atoms with van der Waals surface area (Å²) in [5.74, 6) is 3.42. The molecular weight excluding hydrogens is 238 g/mol. The Labute approximate surface area is 115 Å². The molecule has 2 fully saturated rings. The number of aromatic nitrogens is 2. The molecule has 0 bridgehead atoms. The van der Waals surface area contributed by atoms with Crippen molar-refractivity contribution in [3.05, 3.63) is 11.7 Å². The second kappa shape index (κ2) is 6.04. The van der Waals surface area contributed by atoms with Gasteiger partial charge >= 0.3 is 0 Å². The van der Waals surface area contributed by atoms with E-state index in [1.165, 1.54) is 44.9 Å². The van der Waals surface area contributed by atoms with Gasteiger partial charge in [0.25, 0.3) is 0 Å². The lowest BCUT2D eigenvalue weighted by atomic mass is 9.88. The summed E-state index contributed by atoms with van der Waals surface area (Å²) in [6.07, 6.45) is 9.23. The lowest BCUT2D eigenvalue weighted by Gasteiger charge is -2.30. The van der Waals surface area contributed by atoms with E-state index in [-0.39, 0.29) is 0 Å². The van der Waals surface area contributed by atoms with Gasteiger partial charge in [0.2, 0.25) is 5.89 Å². The molecule has 4 nitrogen and oxygen atoms in total. The molecule has 1 aliphatic carbocycles. The van der Waals surface area contributed by atoms with Crippen LogP contribution in [-0.4, -0.2) is 23.2 Å². The van der Waals surface area contributed by atoms with Crippen LogP contribution in [0.25, 0.3) is 0 Å². The van der Waals surface area contributed by atoms with Gasteiger partial charge in [-0.25, -0.2) is 0 Å². The zero-order chi connectivity index (χ0) is 13.1. The van der Waals surface area contributed by atoms with Gasteiger partial charge in [-0.05, 0) is 31.8 Å². The SMILES string of the molecule is CC(c1nc(C2CCCCCCC2)no1)C1CNC1. The average molecular weight is 263 g/mol. The largest absolute Gasteiger partial charge is 0.339 e. The first-order valence-electron chi connectivity index (χ1n) is 7.89. The van der Waals surface area contributed by atoms with E-state index in [0.29, 0.717) is 17.8 Å². The molecule has 1 atom stereocenters. The fourth-order valence-corrected chi connectivity index (χ4v) is 3.18. The van der Waals surface area contributed by atoms with Crippen molar-refractivity contribution in [3.63, 3.8) is 0 Å². The van der Waals surface area contributed by atoms with Gasteiger partial charge < -0.3 is 9.84 Å². The van der Waals surface area contributed by atoms with E-state index in [1.54, 1.807) is 0 Å². The maximum absolute atomic E-state index is 5.52. The molecular formula is C15H25N3O. The summed E-state index contributed by atoms with van der Waals surface area (Å²) in [6.45, 7) is 4.38. The van der Waals surface area contributed by atoms with Crippen LogP contribution in [0.4, 0.5) is 0 Å². The molecule has 106 valence electrons. The number of hydrogen-bond donors (Lipinski definition) is 1. The Morgan fingerprint density at radius 1 is 1.11 bits per heavy atom. The summed E-state index contributed by atoms with van der Waals surface area (Å²) in [4.78, 5) is 4.70. The Morgan fingerprint density at radius 3 is 2.42 bits per heavy atom. The monoisotopic (exact) mass is 263 g/mol. The van der Waals surface area contributed by atoms with Crippen LogP contribution in [0, 0.1) is 5.92 Å². The third-order valence-electron chi connectivity index (χ3n) is 4.84. The van der Waals surface area contributed by atoms with Gasteiger partial charge in [0, 0.05) is 11.8 Å². The number of nitrogens with zero attached hydrogens (tertiary/aromatic N) is 2. The molecule has 3 rings (SSSR count). The van der Waals surface area contributed by atoms with Crippen molar-refractivity contribution in [3.8, 4) is 0 Å². The second-order valence-corrected chi connectivity index (χ2v) is 6.24. The topological polar surface area (TPSA) is 51.0 Å². The predicted molar refractivity (Wildman–Crippen MR) is 74.1 cm³/mol. The van der Waals surface area contributed by atoms with Gasteiger partial charge in [-0.3, -0.25) is 0 Å². The lowest BCUT2D eigenvalue weighted by Crippen LogP contribution is -2.44. The molecule has 1 saturated heterocycles. The molecule has 1 saturated carbocycles. The highest BCUT2D eigenvalue weighted by molar-refractivity contribution is 5.02.